The number of amides is 3. The SMILES string of the molecule is CC(C)n1ccc2c(NC(=O)CCC3NC(=O)c4ccccc4NC3=O)cccc21. The minimum absolute atomic E-state index is 0.107. The molecule has 3 amide bonds. The molecule has 1 aliphatic heterocycles. The minimum atomic E-state index is -0.770. The molecule has 1 unspecified atom stereocenters. The number of para-hydroxylation sites is 1. The summed E-state index contributed by atoms with van der Waals surface area (Å²) in [4.78, 5) is 37.4. The summed E-state index contributed by atoms with van der Waals surface area (Å²) in [6, 6.07) is 14.2. The Bertz CT molecular complexity index is 1130. The van der Waals surface area contributed by atoms with Crippen molar-refractivity contribution >= 4 is 40.0 Å². The van der Waals surface area contributed by atoms with Crippen LogP contribution in [0.1, 0.15) is 43.1 Å². The van der Waals surface area contributed by atoms with Gasteiger partial charge in [-0.05, 0) is 50.6 Å². The molecule has 3 aromatic rings. The van der Waals surface area contributed by atoms with Gasteiger partial charge in [-0.3, -0.25) is 14.4 Å². The molecule has 0 spiro atoms. The van der Waals surface area contributed by atoms with Crippen LogP contribution in [0.5, 0.6) is 0 Å². The van der Waals surface area contributed by atoms with Crippen LogP contribution >= 0.6 is 0 Å². The van der Waals surface area contributed by atoms with Crippen LogP contribution in [0.25, 0.3) is 10.9 Å². The maximum atomic E-state index is 12.6. The molecular formula is C23H24N4O3. The Kier molecular flexibility index (Phi) is 5.27. The molecule has 1 aromatic heterocycles. The van der Waals surface area contributed by atoms with Gasteiger partial charge in [0.05, 0.1) is 22.5 Å². The highest BCUT2D eigenvalue weighted by Crippen LogP contribution is 2.27. The first-order valence-electron chi connectivity index (χ1n) is 10.0. The average molecular weight is 404 g/mol. The van der Waals surface area contributed by atoms with E-state index in [1.165, 1.54) is 0 Å². The minimum Gasteiger partial charge on any atom is -0.345 e. The van der Waals surface area contributed by atoms with E-state index in [-0.39, 0.29) is 30.6 Å². The maximum Gasteiger partial charge on any atom is 0.254 e. The number of aromatic nitrogens is 1. The molecule has 7 heteroatoms. The number of anilines is 2. The number of rotatable bonds is 5. The summed E-state index contributed by atoms with van der Waals surface area (Å²) in [5.41, 5.74) is 2.68. The lowest BCUT2D eigenvalue weighted by atomic mass is 10.1. The van der Waals surface area contributed by atoms with Crippen molar-refractivity contribution in [2.45, 2.75) is 38.8 Å². The first kappa shape index (κ1) is 19.7. The molecule has 154 valence electrons. The molecule has 0 aliphatic carbocycles. The van der Waals surface area contributed by atoms with Gasteiger partial charge in [-0.15, -0.1) is 0 Å². The monoisotopic (exact) mass is 404 g/mol. The first-order valence-corrected chi connectivity index (χ1v) is 10.0. The molecule has 0 radical (unpaired) electrons. The van der Waals surface area contributed by atoms with Gasteiger partial charge < -0.3 is 20.5 Å². The van der Waals surface area contributed by atoms with Gasteiger partial charge in [-0.2, -0.15) is 0 Å². The molecule has 3 N–H and O–H groups in total. The lowest BCUT2D eigenvalue weighted by molar-refractivity contribution is -0.118. The molecule has 30 heavy (non-hydrogen) atoms. The van der Waals surface area contributed by atoms with Crippen LogP contribution in [0.4, 0.5) is 11.4 Å². The summed E-state index contributed by atoms with van der Waals surface area (Å²) < 4.78 is 2.15. The van der Waals surface area contributed by atoms with Crippen molar-refractivity contribution in [3.05, 3.63) is 60.3 Å². The first-order chi connectivity index (χ1) is 14.4. The van der Waals surface area contributed by atoms with Crippen molar-refractivity contribution in [1.29, 1.82) is 0 Å². The van der Waals surface area contributed by atoms with E-state index in [1.807, 2.05) is 30.5 Å². The van der Waals surface area contributed by atoms with Gasteiger partial charge in [0.15, 0.2) is 0 Å². The lowest BCUT2D eigenvalue weighted by Crippen LogP contribution is -2.41. The highest BCUT2D eigenvalue weighted by atomic mass is 16.2. The average Bonchev–Trinajstić information content (AvgIpc) is 3.12. The van der Waals surface area contributed by atoms with E-state index >= 15 is 0 Å². The summed E-state index contributed by atoms with van der Waals surface area (Å²) >= 11 is 0. The van der Waals surface area contributed by atoms with Crippen LogP contribution in [0.3, 0.4) is 0 Å². The van der Waals surface area contributed by atoms with E-state index in [0.29, 0.717) is 17.3 Å². The lowest BCUT2D eigenvalue weighted by Gasteiger charge is -2.15. The fraction of sp³-hybridized carbons (Fsp3) is 0.261. The number of carbonyl (C=O) groups excluding carboxylic acids is 3. The third-order valence-electron chi connectivity index (χ3n) is 5.30. The molecule has 0 bridgehead atoms. The van der Waals surface area contributed by atoms with Gasteiger partial charge >= 0.3 is 0 Å². The summed E-state index contributed by atoms with van der Waals surface area (Å²) in [5, 5.41) is 9.38. The second kappa shape index (κ2) is 8.02. The molecule has 1 atom stereocenters. The van der Waals surface area contributed by atoms with Gasteiger partial charge in [0.1, 0.15) is 6.04 Å². The fourth-order valence-corrected chi connectivity index (χ4v) is 3.75. The van der Waals surface area contributed by atoms with Gasteiger partial charge in [0.25, 0.3) is 5.91 Å². The third kappa shape index (κ3) is 3.78. The van der Waals surface area contributed by atoms with E-state index < -0.39 is 6.04 Å². The van der Waals surface area contributed by atoms with Crippen molar-refractivity contribution in [1.82, 2.24) is 9.88 Å². The van der Waals surface area contributed by atoms with Crippen LogP contribution in [0.2, 0.25) is 0 Å². The fourth-order valence-electron chi connectivity index (χ4n) is 3.75. The molecule has 0 saturated heterocycles. The molecule has 2 heterocycles. The van der Waals surface area contributed by atoms with Gasteiger partial charge in [0, 0.05) is 24.0 Å². The van der Waals surface area contributed by atoms with Crippen molar-refractivity contribution < 1.29 is 14.4 Å². The number of hydrogen-bond donors (Lipinski definition) is 3. The van der Waals surface area contributed by atoms with Crippen LogP contribution in [-0.2, 0) is 9.59 Å². The highest BCUT2D eigenvalue weighted by molar-refractivity contribution is 6.10. The van der Waals surface area contributed by atoms with Crippen molar-refractivity contribution in [3.8, 4) is 0 Å². The Labute approximate surface area is 174 Å². The largest absolute Gasteiger partial charge is 0.345 e. The molecule has 4 rings (SSSR count). The van der Waals surface area contributed by atoms with Crippen molar-refractivity contribution in [2.24, 2.45) is 0 Å². The number of benzene rings is 2. The zero-order chi connectivity index (χ0) is 21.3. The number of hydrogen-bond acceptors (Lipinski definition) is 3. The number of fused-ring (bicyclic) bond motifs is 2. The molecule has 0 saturated carbocycles. The van der Waals surface area contributed by atoms with E-state index in [2.05, 4.69) is 34.4 Å². The number of carbonyl (C=O) groups is 3. The van der Waals surface area contributed by atoms with Crippen molar-refractivity contribution in [3.63, 3.8) is 0 Å². The van der Waals surface area contributed by atoms with Crippen LogP contribution in [0, 0.1) is 0 Å². The molecule has 2 aromatic carbocycles. The Morgan fingerprint density at radius 3 is 2.70 bits per heavy atom. The van der Waals surface area contributed by atoms with E-state index in [4.69, 9.17) is 0 Å². The Morgan fingerprint density at radius 2 is 1.90 bits per heavy atom. The number of nitrogens with one attached hydrogen (secondary N) is 3. The zero-order valence-corrected chi connectivity index (χ0v) is 16.9. The molecule has 0 fully saturated rings. The maximum absolute atomic E-state index is 12.6. The topological polar surface area (TPSA) is 92.2 Å². The Hall–Kier alpha value is -3.61. The van der Waals surface area contributed by atoms with Gasteiger partial charge in [0.2, 0.25) is 11.8 Å². The molecular weight excluding hydrogens is 380 g/mol. The van der Waals surface area contributed by atoms with E-state index in [1.54, 1.807) is 24.3 Å². The van der Waals surface area contributed by atoms with Crippen LogP contribution in [0.15, 0.2) is 54.7 Å². The van der Waals surface area contributed by atoms with Crippen LogP contribution in [-0.4, -0.2) is 28.3 Å². The standard InChI is InChI=1S/C23H24N4O3/c1-14(2)27-13-12-15-17(8-5-9-20(15)27)24-21(28)11-10-19-23(30)25-18-7-4-3-6-16(18)22(29)26-19/h3-9,12-14,19H,10-11H2,1-2H3,(H,24,28)(H,25,30)(H,26,29). The summed E-state index contributed by atoms with van der Waals surface area (Å²) in [6.45, 7) is 4.21. The second-order valence-corrected chi connectivity index (χ2v) is 7.70. The molecule has 1 aliphatic rings. The van der Waals surface area contributed by atoms with Gasteiger partial charge in [-0.25, -0.2) is 0 Å². The van der Waals surface area contributed by atoms with Crippen LogP contribution < -0.4 is 16.0 Å². The summed E-state index contributed by atoms with van der Waals surface area (Å²) in [5.74, 6) is -0.852. The Morgan fingerprint density at radius 1 is 1.10 bits per heavy atom. The highest BCUT2D eigenvalue weighted by Gasteiger charge is 2.27. The second-order valence-electron chi connectivity index (χ2n) is 7.70. The summed E-state index contributed by atoms with van der Waals surface area (Å²) in [6.07, 6.45) is 2.32. The number of nitrogens with zero attached hydrogens (tertiary/aromatic N) is 1. The zero-order valence-electron chi connectivity index (χ0n) is 16.9. The predicted molar refractivity (Wildman–Crippen MR) is 117 cm³/mol. The third-order valence-corrected chi connectivity index (χ3v) is 5.30. The van der Waals surface area contributed by atoms with E-state index in [0.717, 1.165) is 16.6 Å². The van der Waals surface area contributed by atoms with Gasteiger partial charge in [-0.1, -0.05) is 18.2 Å². The van der Waals surface area contributed by atoms with E-state index in [9.17, 15) is 14.4 Å². The molecule has 7 nitrogen and oxygen atoms in total. The quantitative estimate of drug-likeness (QED) is 0.606. The smallest absolute Gasteiger partial charge is 0.254 e. The normalized spacial score (nSPS) is 16.0. The van der Waals surface area contributed by atoms with Crippen molar-refractivity contribution in [2.75, 3.05) is 10.6 Å². The predicted octanol–water partition coefficient (Wildman–Crippen LogP) is 3.69. The Balaban J connectivity index is 1.43. The summed E-state index contributed by atoms with van der Waals surface area (Å²) in [7, 11) is 0.